The van der Waals surface area contributed by atoms with Crippen molar-refractivity contribution in [3.8, 4) is 5.75 Å². The molecule has 25 heavy (non-hydrogen) atoms. The lowest BCUT2D eigenvalue weighted by molar-refractivity contribution is -0.137. The van der Waals surface area contributed by atoms with Crippen LogP contribution in [0.3, 0.4) is 0 Å². The highest BCUT2D eigenvalue weighted by Gasteiger charge is 2.30. The fraction of sp³-hybridized carbons (Fsp3) is 0.176. The van der Waals surface area contributed by atoms with Gasteiger partial charge in [-0.3, -0.25) is 4.79 Å². The number of alkyl halides is 3. The number of carbonyl (C=O) groups is 1. The van der Waals surface area contributed by atoms with Crippen LogP contribution >= 0.6 is 15.9 Å². The molecular weight excluding hydrogens is 401 g/mol. The molecule has 2 aromatic rings. The number of nitrogens with zero attached hydrogens (tertiary/aromatic N) is 1. The monoisotopic (exact) mass is 414 g/mol. The van der Waals surface area contributed by atoms with Gasteiger partial charge in [-0.25, -0.2) is 5.43 Å². The van der Waals surface area contributed by atoms with E-state index in [1.54, 1.807) is 18.2 Å². The van der Waals surface area contributed by atoms with Gasteiger partial charge in [0.2, 0.25) is 0 Å². The van der Waals surface area contributed by atoms with Crippen molar-refractivity contribution in [3.63, 3.8) is 0 Å². The first-order valence-electron chi connectivity index (χ1n) is 7.14. The maximum atomic E-state index is 12.6. The van der Waals surface area contributed by atoms with Crippen LogP contribution in [0.5, 0.6) is 5.75 Å². The van der Waals surface area contributed by atoms with E-state index in [2.05, 4.69) is 26.5 Å². The number of nitrogens with one attached hydrogen (secondary N) is 1. The Morgan fingerprint density at radius 2 is 2.04 bits per heavy atom. The number of aryl methyl sites for hydroxylation is 1. The van der Waals surface area contributed by atoms with Gasteiger partial charge in [-0.15, -0.1) is 0 Å². The van der Waals surface area contributed by atoms with Crippen molar-refractivity contribution in [2.45, 2.75) is 13.1 Å². The van der Waals surface area contributed by atoms with Crippen molar-refractivity contribution in [3.05, 3.63) is 63.6 Å². The summed E-state index contributed by atoms with van der Waals surface area (Å²) in [4.78, 5) is 11.6. The minimum atomic E-state index is -4.43. The van der Waals surface area contributed by atoms with Crippen LogP contribution in [0.25, 0.3) is 0 Å². The van der Waals surface area contributed by atoms with Gasteiger partial charge in [0.05, 0.1) is 11.8 Å². The predicted octanol–water partition coefficient (Wildman–Crippen LogP) is 4.31. The van der Waals surface area contributed by atoms with Crippen LogP contribution in [0.15, 0.2) is 52.0 Å². The first kappa shape index (κ1) is 19.0. The molecule has 0 fully saturated rings. The van der Waals surface area contributed by atoms with E-state index in [-0.39, 0.29) is 12.2 Å². The number of ether oxygens (including phenoxy) is 1. The summed E-state index contributed by atoms with van der Waals surface area (Å²) in [5.74, 6) is 0.00139. The molecule has 0 unspecified atom stereocenters. The number of halogens is 4. The SMILES string of the molecule is Cc1cc(OCC(=O)NN=Cc2cccc(C(F)(F)F)c2)ccc1Br. The molecule has 0 aliphatic rings. The average molecular weight is 415 g/mol. The van der Waals surface area contributed by atoms with Crippen LogP contribution in [0, 0.1) is 6.92 Å². The molecule has 0 saturated carbocycles. The lowest BCUT2D eigenvalue weighted by atomic mass is 10.1. The van der Waals surface area contributed by atoms with Gasteiger partial charge in [0.1, 0.15) is 5.75 Å². The highest BCUT2D eigenvalue weighted by Crippen LogP contribution is 2.29. The normalized spacial score (nSPS) is 11.6. The Labute approximate surface area is 150 Å². The van der Waals surface area contributed by atoms with E-state index in [4.69, 9.17) is 4.74 Å². The molecule has 4 nitrogen and oxygen atoms in total. The van der Waals surface area contributed by atoms with Crippen LogP contribution < -0.4 is 10.2 Å². The molecular formula is C17H14BrF3N2O2. The fourth-order valence-electron chi connectivity index (χ4n) is 1.86. The first-order chi connectivity index (χ1) is 11.8. The predicted molar refractivity (Wildman–Crippen MR) is 91.6 cm³/mol. The van der Waals surface area contributed by atoms with Gasteiger partial charge in [0.25, 0.3) is 5.91 Å². The van der Waals surface area contributed by atoms with E-state index in [0.717, 1.165) is 28.4 Å². The minimum Gasteiger partial charge on any atom is -0.484 e. The van der Waals surface area contributed by atoms with Gasteiger partial charge >= 0.3 is 6.18 Å². The average Bonchev–Trinajstić information content (AvgIpc) is 2.55. The molecule has 2 aromatic carbocycles. The van der Waals surface area contributed by atoms with Crippen molar-refractivity contribution >= 4 is 28.1 Å². The Kier molecular flexibility index (Phi) is 6.19. The van der Waals surface area contributed by atoms with Crippen molar-refractivity contribution in [1.82, 2.24) is 5.43 Å². The number of rotatable bonds is 5. The Balaban J connectivity index is 1.87. The van der Waals surface area contributed by atoms with Gasteiger partial charge in [0, 0.05) is 4.47 Å². The molecule has 0 aliphatic carbocycles. The third kappa shape index (κ3) is 5.90. The molecule has 1 N–H and O–H groups in total. The van der Waals surface area contributed by atoms with Gasteiger partial charge in [-0.05, 0) is 48.4 Å². The van der Waals surface area contributed by atoms with Crippen molar-refractivity contribution in [1.29, 1.82) is 0 Å². The molecule has 0 radical (unpaired) electrons. The van der Waals surface area contributed by atoms with E-state index in [0.29, 0.717) is 5.75 Å². The second kappa shape index (κ2) is 8.15. The first-order valence-corrected chi connectivity index (χ1v) is 7.93. The second-order valence-electron chi connectivity index (χ2n) is 5.12. The summed E-state index contributed by atoms with van der Waals surface area (Å²) < 4.78 is 44.0. The topological polar surface area (TPSA) is 50.7 Å². The summed E-state index contributed by atoms with van der Waals surface area (Å²) in [5, 5.41) is 3.63. The smallest absolute Gasteiger partial charge is 0.416 e. The van der Waals surface area contributed by atoms with E-state index in [1.807, 2.05) is 6.92 Å². The standard InChI is InChI=1S/C17H14BrF3N2O2/c1-11-7-14(5-6-15(11)18)25-10-16(24)23-22-9-12-3-2-4-13(8-12)17(19,20)21/h2-9H,10H2,1H3,(H,23,24). The zero-order valence-electron chi connectivity index (χ0n) is 13.1. The Hall–Kier alpha value is -2.35. The summed E-state index contributed by atoms with van der Waals surface area (Å²) in [6.45, 7) is 1.62. The molecule has 8 heteroatoms. The van der Waals surface area contributed by atoms with Crippen LogP contribution in [0.4, 0.5) is 13.2 Å². The summed E-state index contributed by atoms with van der Waals surface area (Å²) in [6.07, 6.45) is -3.29. The highest BCUT2D eigenvalue weighted by molar-refractivity contribution is 9.10. The maximum Gasteiger partial charge on any atom is 0.416 e. The van der Waals surface area contributed by atoms with Gasteiger partial charge < -0.3 is 4.74 Å². The number of benzene rings is 2. The largest absolute Gasteiger partial charge is 0.484 e. The molecule has 0 atom stereocenters. The molecule has 0 spiro atoms. The molecule has 1 amide bonds. The van der Waals surface area contributed by atoms with Crippen molar-refractivity contribution in [2.75, 3.05) is 6.61 Å². The van der Waals surface area contributed by atoms with Crippen LogP contribution in [-0.2, 0) is 11.0 Å². The second-order valence-corrected chi connectivity index (χ2v) is 5.97. The highest BCUT2D eigenvalue weighted by atomic mass is 79.9. The molecule has 0 bridgehead atoms. The summed E-state index contributed by atoms with van der Waals surface area (Å²) in [6, 6.07) is 9.89. The van der Waals surface area contributed by atoms with E-state index < -0.39 is 17.6 Å². The summed E-state index contributed by atoms with van der Waals surface area (Å²) in [5.41, 5.74) is 2.60. The lowest BCUT2D eigenvalue weighted by Gasteiger charge is -2.07. The molecule has 132 valence electrons. The van der Waals surface area contributed by atoms with Gasteiger partial charge in [0.15, 0.2) is 6.61 Å². The van der Waals surface area contributed by atoms with Crippen LogP contribution in [0.1, 0.15) is 16.7 Å². The van der Waals surface area contributed by atoms with E-state index >= 15 is 0 Å². The number of amides is 1. The summed E-state index contributed by atoms with van der Waals surface area (Å²) in [7, 11) is 0. The molecule has 0 aliphatic heterocycles. The van der Waals surface area contributed by atoms with Gasteiger partial charge in [-0.2, -0.15) is 18.3 Å². The third-order valence-corrected chi connectivity index (χ3v) is 4.01. The lowest BCUT2D eigenvalue weighted by Crippen LogP contribution is -2.24. The molecule has 2 rings (SSSR count). The maximum absolute atomic E-state index is 12.6. The van der Waals surface area contributed by atoms with Crippen molar-refractivity contribution < 1.29 is 22.7 Å². The van der Waals surface area contributed by atoms with Crippen LogP contribution in [0.2, 0.25) is 0 Å². The minimum absolute atomic E-state index is 0.222. The quantitative estimate of drug-likeness (QED) is 0.585. The van der Waals surface area contributed by atoms with Crippen LogP contribution in [-0.4, -0.2) is 18.7 Å². The number of hydrogen-bond donors (Lipinski definition) is 1. The van der Waals surface area contributed by atoms with Gasteiger partial charge in [-0.1, -0.05) is 28.1 Å². The number of carbonyl (C=O) groups excluding carboxylic acids is 1. The van der Waals surface area contributed by atoms with Crippen molar-refractivity contribution in [2.24, 2.45) is 5.10 Å². The molecule has 0 aromatic heterocycles. The zero-order valence-corrected chi connectivity index (χ0v) is 14.7. The van der Waals surface area contributed by atoms with E-state index in [1.165, 1.54) is 12.1 Å². The Morgan fingerprint density at radius 3 is 2.72 bits per heavy atom. The third-order valence-electron chi connectivity index (χ3n) is 3.12. The Bertz CT molecular complexity index is 792. The zero-order chi connectivity index (χ0) is 18.4. The number of hydrazone groups is 1. The number of hydrogen-bond acceptors (Lipinski definition) is 3. The summed E-state index contributed by atoms with van der Waals surface area (Å²) >= 11 is 3.36. The van der Waals surface area contributed by atoms with E-state index in [9.17, 15) is 18.0 Å². The Morgan fingerprint density at radius 1 is 1.28 bits per heavy atom. The molecule has 0 saturated heterocycles. The fourth-order valence-corrected chi connectivity index (χ4v) is 2.11. The molecule has 0 heterocycles.